The molecule has 3 N–H and O–H groups in total. The van der Waals surface area contributed by atoms with Gasteiger partial charge in [0.1, 0.15) is 0 Å². The van der Waals surface area contributed by atoms with Crippen molar-refractivity contribution in [2.75, 3.05) is 11.1 Å². The van der Waals surface area contributed by atoms with E-state index in [1.165, 1.54) is 0 Å². The number of amides is 1. The van der Waals surface area contributed by atoms with Crippen molar-refractivity contribution < 1.29 is 4.79 Å². The summed E-state index contributed by atoms with van der Waals surface area (Å²) in [7, 11) is 0. The van der Waals surface area contributed by atoms with E-state index in [0.29, 0.717) is 11.4 Å². The van der Waals surface area contributed by atoms with Crippen molar-refractivity contribution in [3.63, 3.8) is 0 Å². The van der Waals surface area contributed by atoms with Gasteiger partial charge in [-0.3, -0.25) is 9.78 Å². The van der Waals surface area contributed by atoms with E-state index in [9.17, 15) is 4.79 Å². The van der Waals surface area contributed by atoms with Gasteiger partial charge in [0, 0.05) is 12.1 Å². The van der Waals surface area contributed by atoms with Crippen LogP contribution in [0.25, 0.3) is 0 Å². The Balaban J connectivity index is 1.95. The van der Waals surface area contributed by atoms with Gasteiger partial charge in [0.2, 0.25) is 5.91 Å². The summed E-state index contributed by atoms with van der Waals surface area (Å²) in [5.74, 6) is 0.985. The van der Waals surface area contributed by atoms with Crippen LogP contribution < -0.4 is 11.1 Å². The van der Waals surface area contributed by atoms with Crippen LogP contribution in [0, 0.1) is 11.8 Å². The molecule has 0 spiro atoms. The second kappa shape index (κ2) is 5.17. The monoisotopic (exact) mass is 233 g/mol. The van der Waals surface area contributed by atoms with Crippen molar-refractivity contribution in [1.29, 1.82) is 0 Å². The number of carbonyl (C=O) groups excluding carboxylic acids is 1. The molecule has 92 valence electrons. The first-order valence-electron chi connectivity index (χ1n) is 6.17. The Kier molecular flexibility index (Phi) is 3.61. The van der Waals surface area contributed by atoms with Gasteiger partial charge in [0.05, 0.1) is 17.6 Å². The third-order valence-electron chi connectivity index (χ3n) is 3.50. The number of hydrogen-bond acceptors (Lipinski definition) is 3. The zero-order valence-electron chi connectivity index (χ0n) is 10.1. The lowest BCUT2D eigenvalue weighted by Crippen LogP contribution is -2.26. The molecule has 0 unspecified atom stereocenters. The van der Waals surface area contributed by atoms with Crippen LogP contribution in [0.4, 0.5) is 11.4 Å². The number of pyridine rings is 1. The molecule has 1 aliphatic carbocycles. The van der Waals surface area contributed by atoms with Gasteiger partial charge in [0.25, 0.3) is 0 Å². The summed E-state index contributed by atoms with van der Waals surface area (Å²) in [6.07, 6.45) is 7.44. The van der Waals surface area contributed by atoms with Crippen LogP contribution >= 0.6 is 0 Å². The van der Waals surface area contributed by atoms with Gasteiger partial charge in [-0.15, -0.1) is 0 Å². The highest BCUT2D eigenvalue weighted by Crippen LogP contribution is 2.29. The lowest BCUT2D eigenvalue weighted by molar-refractivity contribution is -0.121. The molecule has 1 heterocycles. The average molecular weight is 233 g/mol. The number of nitrogens with zero attached hydrogens (tertiary/aromatic N) is 1. The molecule has 0 atom stereocenters. The highest BCUT2D eigenvalue weighted by atomic mass is 16.1. The number of rotatable bonds is 2. The summed E-state index contributed by atoms with van der Waals surface area (Å²) >= 11 is 0. The Morgan fingerprint density at radius 2 is 2.12 bits per heavy atom. The first-order chi connectivity index (χ1) is 8.16. The minimum Gasteiger partial charge on any atom is -0.396 e. The van der Waals surface area contributed by atoms with Crippen molar-refractivity contribution in [2.45, 2.75) is 32.6 Å². The summed E-state index contributed by atoms with van der Waals surface area (Å²) in [4.78, 5) is 15.9. The van der Waals surface area contributed by atoms with E-state index in [-0.39, 0.29) is 11.8 Å². The topological polar surface area (TPSA) is 68.0 Å². The summed E-state index contributed by atoms with van der Waals surface area (Å²) in [5.41, 5.74) is 6.93. The third kappa shape index (κ3) is 2.96. The Hall–Kier alpha value is -1.58. The first-order valence-corrected chi connectivity index (χ1v) is 6.17. The summed E-state index contributed by atoms with van der Waals surface area (Å²) < 4.78 is 0. The lowest BCUT2D eigenvalue weighted by Gasteiger charge is -2.25. The van der Waals surface area contributed by atoms with Crippen LogP contribution in [0.15, 0.2) is 18.5 Å². The molecular weight excluding hydrogens is 214 g/mol. The molecule has 1 aromatic heterocycles. The van der Waals surface area contributed by atoms with E-state index in [1.807, 2.05) is 0 Å². The molecule has 1 aliphatic rings. The SMILES string of the molecule is CC1CCC(C(=O)Nc2ccncc2N)CC1. The van der Waals surface area contributed by atoms with Gasteiger partial charge in [-0.1, -0.05) is 6.92 Å². The summed E-state index contributed by atoms with van der Waals surface area (Å²) in [5, 5.41) is 2.89. The van der Waals surface area contributed by atoms with Crippen molar-refractivity contribution in [3.8, 4) is 0 Å². The van der Waals surface area contributed by atoms with E-state index >= 15 is 0 Å². The lowest BCUT2D eigenvalue weighted by atomic mass is 9.82. The van der Waals surface area contributed by atoms with Gasteiger partial charge in [0.15, 0.2) is 0 Å². The number of hydrogen-bond donors (Lipinski definition) is 2. The maximum atomic E-state index is 12.0. The predicted molar refractivity (Wildman–Crippen MR) is 68.4 cm³/mol. The average Bonchev–Trinajstić information content (AvgIpc) is 2.33. The largest absolute Gasteiger partial charge is 0.396 e. The molecule has 1 fully saturated rings. The fourth-order valence-electron chi connectivity index (χ4n) is 2.28. The molecule has 0 aliphatic heterocycles. The molecule has 0 radical (unpaired) electrons. The molecular formula is C13H19N3O. The molecule has 4 nitrogen and oxygen atoms in total. The molecule has 0 bridgehead atoms. The standard InChI is InChI=1S/C13H19N3O/c1-9-2-4-10(5-3-9)13(17)16-12-6-7-15-8-11(12)14/h6-10H,2-5,14H2,1H3,(H,15,16,17). The van der Waals surface area contributed by atoms with Gasteiger partial charge >= 0.3 is 0 Å². The highest BCUT2D eigenvalue weighted by molar-refractivity contribution is 5.95. The number of carbonyl (C=O) groups is 1. The number of nitrogens with two attached hydrogens (primary N) is 1. The van der Waals surface area contributed by atoms with Crippen LogP contribution in [0.5, 0.6) is 0 Å². The molecule has 1 aromatic rings. The third-order valence-corrected chi connectivity index (χ3v) is 3.50. The number of nitrogen functional groups attached to an aromatic ring is 1. The minimum atomic E-state index is 0.0924. The van der Waals surface area contributed by atoms with E-state index in [0.717, 1.165) is 31.6 Å². The summed E-state index contributed by atoms with van der Waals surface area (Å²) in [6.45, 7) is 2.25. The molecule has 1 saturated carbocycles. The normalized spacial score (nSPS) is 24.3. The number of nitrogens with one attached hydrogen (secondary N) is 1. The maximum Gasteiger partial charge on any atom is 0.227 e. The zero-order chi connectivity index (χ0) is 12.3. The van der Waals surface area contributed by atoms with Crippen molar-refractivity contribution >= 4 is 17.3 Å². The van der Waals surface area contributed by atoms with Crippen LogP contribution in [-0.2, 0) is 4.79 Å². The van der Waals surface area contributed by atoms with Gasteiger partial charge in [-0.25, -0.2) is 0 Å². The Morgan fingerprint density at radius 1 is 1.41 bits per heavy atom. The highest BCUT2D eigenvalue weighted by Gasteiger charge is 2.24. The van der Waals surface area contributed by atoms with Crippen LogP contribution in [0.1, 0.15) is 32.6 Å². The smallest absolute Gasteiger partial charge is 0.227 e. The Morgan fingerprint density at radius 3 is 2.76 bits per heavy atom. The van der Waals surface area contributed by atoms with E-state index in [1.54, 1.807) is 18.5 Å². The van der Waals surface area contributed by atoms with E-state index in [2.05, 4.69) is 17.2 Å². The second-order valence-electron chi connectivity index (χ2n) is 4.91. The Labute approximate surface area is 102 Å². The van der Waals surface area contributed by atoms with Crippen molar-refractivity contribution in [3.05, 3.63) is 18.5 Å². The van der Waals surface area contributed by atoms with Crippen LogP contribution in [0.2, 0.25) is 0 Å². The fraction of sp³-hybridized carbons (Fsp3) is 0.538. The zero-order valence-corrected chi connectivity index (χ0v) is 10.1. The molecule has 4 heteroatoms. The molecule has 2 rings (SSSR count). The van der Waals surface area contributed by atoms with E-state index < -0.39 is 0 Å². The molecule has 0 aromatic carbocycles. The quantitative estimate of drug-likeness (QED) is 0.824. The van der Waals surface area contributed by atoms with Crippen molar-refractivity contribution in [2.24, 2.45) is 11.8 Å². The molecule has 0 saturated heterocycles. The molecule has 1 amide bonds. The maximum absolute atomic E-state index is 12.0. The van der Waals surface area contributed by atoms with Crippen LogP contribution in [-0.4, -0.2) is 10.9 Å². The van der Waals surface area contributed by atoms with Gasteiger partial charge in [-0.05, 0) is 37.7 Å². The van der Waals surface area contributed by atoms with Crippen molar-refractivity contribution in [1.82, 2.24) is 4.98 Å². The van der Waals surface area contributed by atoms with Crippen LogP contribution in [0.3, 0.4) is 0 Å². The van der Waals surface area contributed by atoms with Gasteiger partial charge < -0.3 is 11.1 Å². The second-order valence-corrected chi connectivity index (χ2v) is 4.91. The fourth-order valence-corrected chi connectivity index (χ4v) is 2.28. The van der Waals surface area contributed by atoms with Gasteiger partial charge in [-0.2, -0.15) is 0 Å². The summed E-state index contributed by atoms with van der Waals surface area (Å²) in [6, 6.07) is 1.73. The first kappa shape index (κ1) is 11.9. The predicted octanol–water partition coefficient (Wildman–Crippen LogP) is 2.43. The van der Waals surface area contributed by atoms with E-state index in [4.69, 9.17) is 5.73 Å². The number of aromatic nitrogens is 1. The minimum absolute atomic E-state index is 0.0924. The Bertz CT molecular complexity index is 397. The molecule has 17 heavy (non-hydrogen) atoms. The number of anilines is 2.